The maximum absolute atomic E-state index is 13.4. The third kappa shape index (κ3) is 2.61. The number of rotatable bonds is 3. The molecule has 2 aromatic rings. The highest BCUT2D eigenvalue weighted by atomic mass is 19.2. The minimum Gasteiger partial charge on any atom is -0.379 e. The summed E-state index contributed by atoms with van der Waals surface area (Å²) in [6.07, 6.45) is 0. The Morgan fingerprint density at radius 1 is 1.00 bits per heavy atom. The minimum absolute atomic E-state index is 0.188. The van der Waals surface area contributed by atoms with E-state index in [-0.39, 0.29) is 5.69 Å². The van der Waals surface area contributed by atoms with E-state index in [0.29, 0.717) is 6.54 Å². The molecule has 0 aliphatic rings. The lowest BCUT2D eigenvalue weighted by Gasteiger charge is -2.09. The van der Waals surface area contributed by atoms with Crippen LogP contribution in [0.15, 0.2) is 42.5 Å². The Morgan fingerprint density at radius 3 is 2.53 bits per heavy atom. The fourth-order valence-electron chi connectivity index (χ4n) is 1.64. The molecule has 1 N–H and O–H groups in total. The van der Waals surface area contributed by atoms with Crippen LogP contribution in [0.25, 0.3) is 0 Å². The first kappa shape index (κ1) is 11.6. The van der Waals surface area contributed by atoms with Gasteiger partial charge in [0.2, 0.25) is 0 Å². The monoisotopic (exact) mass is 233 g/mol. The Kier molecular flexibility index (Phi) is 3.38. The number of hydrogen-bond acceptors (Lipinski definition) is 1. The van der Waals surface area contributed by atoms with Gasteiger partial charge in [-0.25, -0.2) is 8.78 Å². The zero-order chi connectivity index (χ0) is 12.3. The van der Waals surface area contributed by atoms with Crippen molar-refractivity contribution in [1.82, 2.24) is 0 Å². The molecule has 0 atom stereocenters. The second-order valence-corrected chi connectivity index (χ2v) is 3.88. The minimum atomic E-state index is -0.834. The van der Waals surface area contributed by atoms with Gasteiger partial charge in [0.1, 0.15) is 0 Å². The SMILES string of the molecule is Cc1ccccc1CNc1cccc(F)c1F. The fraction of sp³-hybridized carbons (Fsp3) is 0.143. The van der Waals surface area contributed by atoms with Gasteiger partial charge in [-0.05, 0) is 30.2 Å². The Bertz CT molecular complexity index is 523. The van der Waals surface area contributed by atoms with Crippen LogP contribution >= 0.6 is 0 Å². The topological polar surface area (TPSA) is 12.0 Å². The normalized spacial score (nSPS) is 10.3. The lowest BCUT2D eigenvalue weighted by molar-refractivity contribution is 0.511. The van der Waals surface area contributed by atoms with Gasteiger partial charge in [0, 0.05) is 6.54 Å². The van der Waals surface area contributed by atoms with Crippen LogP contribution in [0.4, 0.5) is 14.5 Å². The molecule has 0 aromatic heterocycles. The number of aryl methyl sites for hydroxylation is 1. The lowest BCUT2D eigenvalue weighted by Crippen LogP contribution is -2.03. The van der Waals surface area contributed by atoms with Gasteiger partial charge in [0.15, 0.2) is 11.6 Å². The summed E-state index contributed by atoms with van der Waals surface area (Å²) in [7, 11) is 0. The van der Waals surface area contributed by atoms with Crippen molar-refractivity contribution in [2.24, 2.45) is 0 Å². The van der Waals surface area contributed by atoms with Gasteiger partial charge in [0.05, 0.1) is 5.69 Å². The molecule has 0 aliphatic carbocycles. The molecule has 0 radical (unpaired) electrons. The van der Waals surface area contributed by atoms with Crippen LogP contribution in [0, 0.1) is 18.6 Å². The van der Waals surface area contributed by atoms with Crippen molar-refractivity contribution in [3.05, 3.63) is 65.2 Å². The van der Waals surface area contributed by atoms with Gasteiger partial charge in [-0.15, -0.1) is 0 Å². The molecule has 0 saturated heterocycles. The highest BCUT2D eigenvalue weighted by Gasteiger charge is 2.07. The second kappa shape index (κ2) is 4.95. The zero-order valence-corrected chi connectivity index (χ0v) is 9.50. The zero-order valence-electron chi connectivity index (χ0n) is 9.50. The molecule has 88 valence electrons. The van der Waals surface area contributed by atoms with Crippen molar-refractivity contribution < 1.29 is 8.78 Å². The van der Waals surface area contributed by atoms with Crippen LogP contribution in [0.5, 0.6) is 0 Å². The summed E-state index contributed by atoms with van der Waals surface area (Å²) in [5.41, 5.74) is 2.38. The van der Waals surface area contributed by atoms with Gasteiger partial charge >= 0.3 is 0 Å². The largest absolute Gasteiger partial charge is 0.379 e. The number of hydrogen-bond donors (Lipinski definition) is 1. The molecular weight excluding hydrogens is 220 g/mol. The molecule has 2 aromatic carbocycles. The van der Waals surface area contributed by atoms with E-state index in [1.54, 1.807) is 0 Å². The highest BCUT2D eigenvalue weighted by Crippen LogP contribution is 2.18. The fourth-order valence-corrected chi connectivity index (χ4v) is 1.64. The quantitative estimate of drug-likeness (QED) is 0.848. The Morgan fingerprint density at radius 2 is 1.76 bits per heavy atom. The van der Waals surface area contributed by atoms with Crippen molar-refractivity contribution in [1.29, 1.82) is 0 Å². The number of halogens is 2. The van der Waals surface area contributed by atoms with Gasteiger partial charge in [-0.3, -0.25) is 0 Å². The Balaban J connectivity index is 2.13. The highest BCUT2D eigenvalue weighted by molar-refractivity contribution is 5.46. The van der Waals surface area contributed by atoms with Crippen LogP contribution in [-0.2, 0) is 6.54 Å². The van der Waals surface area contributed by atoms with E-state index < -0.39 is 11.6 Å². The second-order valence-electron chi connectivity index (χ2n) is 3.88. The van der Waals surface area contributed by atoms with E-state index in [1.807, 2.05) is 31.2 Å². The molecule has 0 saturated carbocycles. The number of benzene rings is 2. The van der Waals surface area contributed by atoms with E-state index in [1.165, 1.54) is 12.1 Å². The van der Waals surface area contributed by atoms with Crippen molar-refractivity contribution in [2.75, 3.05) is 5.32 Å². The standard InChI is InChI=1S/C14H13F2N/c1-10-5-2-3-6-11(10)9-17-13-8-4-7-12(15)14(13)16/h2-8,17H,9H2,1H3. The summed E-state index contributed by atoms with van der Waals surface area (Å²) in [5, 5.41) is 2.90. The van der Waals surface area contributed by atoms with Gasteiger partial charge in [0.25, 0.3) is 0 Å². The first-order valence-electron chi connectivity index (χ1n) is 5.41. The summed E-state index contributed by atoms with van der Waals surface area (Å²) in [4.78, 5) is 0. The molecule has 17 heavy (non-hydrogen) atoms. The Labute approximate surface area is 99.1 Å². The van der Waals surface area contributed by atoms with Crippen molar-refractivity contribution in [3.8, 4) is 0 Å². The molecule has 3 heteroatoms. The summed E-state index contributed by atoms with van der Waals surface area (Å²) in [6, 6.07) is 11.9. The molecule has 0 unspecified atom stereocenters. The predicted octanol–water partition coefficient (Wildman–Crippen LogP) is 3.89. The van der Waals surface area contributed by atoms with Gasteiger partial charge in [-0.2, -0.15) is 0 Å². The van der Waals surface area contributed by atoms with E-state index in [2.05, 4.69) is 5.32 Å². The first-order valence-corrected chi connectivity index (χ1v) is 5.41. The van der Waals surface area contributed by atoms with E-state index in [4.69, 9.17) is 0 Å². The average molecular weight is 233 g/mol. The van der Waals surface area contributed by atoms with Crippen LogP contribution in [0.2, 0.25) is 0 Å². The maximum Gasteiger partial charge on any atom is 0.181 e. The van der Waals surface area contributed by atoms with Crippen LogP contribution in [0.1, 0.15) is 11.1 Å². The van der Waals surface area contributed by atoms with E-state index in [0.717, 1.165) is 17.2 Å². The number of anilines is 1. The first-order chi connectivity index (χ1) is 8.18. The molecule has 0 aliphatic heterocycles. The smallest absolute Gasteiger partial charge is 0.181 e. The molecule has 0 spiro atoms. The lowest BCUT2D eigenvalue weighted by atomic mass is 10.1. The Hall–Kier alpha value is -1.90. The molecule has 2 rings (SSSR count). The van der Waals surface area contributed by atoms with Crippen LogP contribution in [-0.4, -0.2) is 0 Å². The molecule has 0 amide bonds. The summed E-state index contributed by atoms with van der Waals surface area (Å²) in [6.45, 7) is 2.46. The third-order valence-corrected chi connectivity index (χ3v) is 2.68. The summed E-state index contributed by atoms with van der Waals surface area (Å²) < 4.78 is 26.3. The molecule has 0 fully saturated rings. The van der Waals surface area contributed by atoms with Gasteiger partial charge in [-0.1, -0.05) is 30.3 Å². The summed E-state index contributed by atoms with van der Waals surface area (Å²) >= 11 is 0. The average Bonchev–Trinajstić information content (AvgIpc) is 2.33. The van der Waals surface area contributed by atoms with Crippen LogP contribution < -0.4 is 5.32 Å². The van der Waals surface area contributed by atoms with Crippen molar-refractivity contribution in [2.45, 2.75) is 13.5 Å². The van der Waals surface area contributed by atoms with E-state index >= 15 is 0 Å². The van der Waals surface area contributed by atoms with E-state index in [9.17, 15) is 8.78 Å². The van der Waals surface area contributed by atoms with Crippen molar-refractivity contribution in [3.63, 3.8) is 0 Å². The summed E-state index contributed by atoms with van der Waals surface area (Å²) in [5.74, 6) is -1.67. The van der Waals surface area contributed by atoms with Crippen LogP contribution in [0.3, 0.4) is 0 Å². The maximum atomic E-state index is 13.4. The van der Waals surface area contributed by atoms with Gasteiger partial charge < -0.3 is 5.32 Å². The third-order valence-electron chi connectivity index (χ3n) is 2.68. The molecule has 1 nitrogen and oxygen atoms in total. The predicted molar refractivity (Wildman–Crippen MR) is 64.9 cm³/mol. The van der Waals surface area contributed by atoms with Crippen molar-refractivity contribution >= 4 is 5.69 Å². The molecular formula is C14H13F2N. The molecule has 0 heterocycles. The number of nitrogens with one attached hydrogen (secondary N) is 1. The molecule has 0 bridgehead atoms.